The molecular formula is C30H28Cl2Zr. The predicted octanol–water partition coefficient (Wildman–Crippen LogP) is 1.84. The van der Waals surface area contributed by atoms with E-state index < -0.39 is 0 Å². The maximum atomic E-state index is 3.99. The van der Waals surface area contributed by atoms with E-state index in [1.807, 2.05) is 0 Å². The number of halogens is 2. The minimum atomic E-state index is -0.0313. The molecular weight excluding hydrogens is 522 g/mol. The number of hydrogen-bond acceptors (Lipinski definition) is 0. The van der Waals surface area contributed by atoms with Gasteiger partial charge in [-0.1, -0.05) is 109 Å². The summed E-state index contributed by atoms with van der Waals surface area (Å²) in [6.45, 7) is 3.99. The first kappa shape index (κ1) is 27.6. The zero-order valence-electron chi connectivity index (χ0n) is 18.6. The molecule has 0 spiro atoms. The first-order valence-electron chi connectivity index (χ1n) is 11.1. The topological polar surface area (TPSA) is 0 Å². The Balaban J connectivity index is 0.00000128. The summed E-state index contributed by atoms with van der Waals surface area (Å²) in [6.07, 6.45) is 14.6. The average molecular weight is 551 g/mol. The van der Waals surface area contributed by atoms with Gasteiger partial charge in [0, 0.05) is 17.3 Å². The normalized spacial score (nSPS) is 15.4. The Morgan fingerprint density at radius 3 is 1.79 bits per heavy atom. The van der Waals surface area contributed by atoms with Crippen molar-refractivity contribution in [3.8, 4) is 11.1 Å². The van der Waals surface area contributed by atoms with Crippen LogP contribution in [0.2, 0.25) is 0 Å². The standard InChI is InChI=1S/C30H28.2ClH.Zr/c1-2-3-13-22-30(24-16-7-8-17-24,23-14-5-4-6-15-23)29-27-20-11-9-18-25(27)26-19-10-12-21-28(26)29;;;/h2,4-12,14-21,24,29H,1,3,13,22H2;2*1H;/q;;;+2/p-2. The Morgan fingerprint density at radius 2 is 1.24 bits per heavy atom. The van der Waals surface area contributed by atoms with Gasteiger partial charge >= 0.3 is 26.2 Å². The maximum Gasteiger partial charge on any atom is 2.00 e. The molecule has 2 aliphatic carbocycles. The first-order chi connectivity index (χ1) is 14.9. The number of rotatable bonds is 7. The molecule has 0 N–H and O–H groups in total. The molecule has 1 atom stereocenters. The second kappa shape index (κ2) is 12.2. The molecule has 0 heterocycles. The molecule has 3 aromatic rings. The van der Waals surface area contributed by atoms with Crippen LogP contribution in [0.4, 0.5) is 0 Å². The van der Waals surface area contributed by atoms with Gasteiger partial charge in [-0.3, -0.25) is 0 Å². The van der Waals surface area contributed by atoms with Crippen LogP contribution in [-0.2, 0) is 31.6 Å². The van der Waals surface area contributed by atoms with Gasteiger partial charge < -0.3 is 24.8 Å². The first-order valence-corrected chi connectivity index (χ1v) is 11.1. The molecule has 1 unspecified atom stereocenters. The van der Waals surface area contributed by atoms with Crippen molar-refractivity contribution < 1.29 is 51.0 Å². The van der Waals surface area contributed by atoms with Gasteiger partial charge in [0.2, 0.25) is 0 Å². The van der Waals surface area contributed by atoms with E-state index in [1.165, 1.54) is 27.8 Å². The molecule has 0 nitrogen and oxygen atoms in total. The van der Waals surface area contributed by atoms with Crippen molar-refractivity contribution in [2.24, 2.45) is 5.92 Å². The molecule has 0 saturated carbocycles. The molecule has 33 heavy (non-hydrogen) atoms. The third-order valence-corrected chi connectivity index (χ3v) is 7.00. The molecule has 0 amide bonds. The van der Waals surface area contributed by atoms with Crippen LogP contribution >= 0.6 is 0 Å². The van der Waals surface area contributed by atoms with Gasteiger partial charge in [-0.2, -0.15) is 0 Å². The van der Waals surface area contributed by atoms with Crippen LogP contribution in [0.3, 0.4) is 0 Å². The van der Waals surface area contributed by atoms with E-state index in [0.717, 1.165) is 19.3 Å². The quantitative estimate of drug-likeness (QED) is 0.311. The minimum Gasteiger partial charge on any atom is -1.00 e. The summed E-state index contributed by atoms with van der Waals surface area (Å²) in [5.74, 6) is 0.698. The average Bonchev–Trinajstić information content (AvgIpc) is 3.45. The van der Waals surface area contributed by atoms with Crippen molar-refractivity contribution in [1.82, 2.24) is 0 Å². The summed E-state index contributed by atoms with van der Waals surface area (Å²) in [4.78, 5) is 0. The van der Waals surface area contributed by atoms with E-state index in [4.69, 9.17) is 0 Å². The summed E-state index contributed by atoms with van der Waals surface area (Å²) < 4.78 is 0. The molecule has 0 saturated heterocycles. The van der Waals surface area contributed by atoms with Gasteiger partial charge in [-0.05, 0) is 47.1 Å². The van der Waals surface area contributed by atoms with Crippen LogP contribution in [0.1, 0.15) is 41.9 Å². The van der Waals surface area contributed by atoms with Crippen molar-refractivity contribution in [3.05, 3.63) is 133 Å². The summed E-state index contributed by atoms with van der Waals surface area (Å²) in [6, 6.07) is 29.3. The Kier molecular flexibility index (Phi) is 10.2. The second-order valence-corrected chi connectivity index (χ2v) is 8.49. The second-order valence-electron chi connectivity index (χ2n) is 8.49. The van der Waals surface area contributed by atoms with Gasteiger partial charge in [0.25, 0.3) is 0 Å². The van der Waals surface area contributed by atoms with E-state index in [-0.39, 0.29) is 56.4 Å². The van der Waals surface area contributed by atoms with E-state index in [2.05, 4.69) is 116 Å². The third-order valence-electron chi connectivity index (χ3n) is 7.00. The molecule has 5 rings (SSSR count). The Morgan fingerprint density at radius 1 is 0.727 bits per heavy atom. The fourth-order valence-corrected chi connectivity index (χ4v) is 5.78. The van der Waals surface area contributed by atoms with Crippen LogP contribution < -0.4 is 24.8 Å². The fraction of sp³-hybridized carbons (Fsp3) is 0.200. The summed E-state index contributed by atoms with van der Waals surface area (Å²) in [7, 11) is 0. The van der Waals surface area contributed by atoms with E-state index in [9.17, 15) is 0 Å². The summed E-state index contributed by atoms with van der Waals surface area (Å²) >= 11 is 0. The van der Waals surface area contributed by atoms with Gasteiger partial charge in [0.1, 0.15) is 0 Å². The van der Waals surface area contributed by atoms with Crippen molar-refractivity contribution in [2.75, 3.05) is 0 Å². The molecule has 0 bridgehead atoms. The molecule has 0 fully saturated rings. The zero-order valence-corrected chi connectivity index (χ0v) is 22.6. The maximum absolute atomic E-state index is 3.99. The molecule has 2 aliphatic rings. The van der Waals surface area contributed by atoms with Gasteiger partial charge in [-0.15, -0.1) is 6.58 Å². The molecule has 0 aliphatic heterocycles. The van der Waals surface area contributed by atoms with Crippen LogP contribution in [0.25, 0.3) is 11.1 Å². The Bertz CT molecular complexity index is 1060. The van der Waals surface area contributed by atoms with Gasteiger partial charge in [0.15, 0.2) is 0 Å². The Hall–Kier alpha value is -1.66. The Labute approximate surface area is 229 Å². The molecule has 0 aromatic heterocycles. The number of allylic oxidation sites excluding steroid dienone is 5. The van der Waals surface area contributed by atoms with Gasteiger partial charge in [0.05, 0.1) is 0 Å². The van der Waals surface area contributed by atoms with Crippen molar-refractivity contribution in [2.45, 2.75) is 30.6 Å². The summed E-state index contributed by atoms with van der Waals surface area (Å²) in [5.41, 5.74) is 7.13. The van der Waals surface area contributed by atoms with Crippen LogP contribution in [0, 0.1) is 5.92 Å². The molecule has 3 aromatic carbocycles. The fourth-order valence-electron chi connectivity index (χ4n) is 5.78. The van der Waals surface area contributed by atoms with Crippen LogP contribution in [0.15, 0.2) is 116 Å². The number of benzene rings is 3. The van der Waals surface area contributed by atoms with Crippen LogP contribution in [0.5, 0.6) is 0 Å². The van der Waals surface area contributed by atoms with Crippen LogP contribution in [-0.4, -0.2) is 0 Å². The van der Waals surface area contributed by atoms with Crippen molar-refractivity contribution in [3.63, 3.8) is 0 Å². The monoisotopic (exact) mass is 548 g/mol. The summed E-state index contributed by atoms with van der Waals surface area (Å²) in [5, 5.41) is 0. The zero-order chi connectivity index (χ0) is 20.4. The number of fused-ring (bicyclic) bond motifs is 3. The van der Waals surface area contributed by atoms with E-state index in [1.54, 1.807) is 0 Å². The van der Waals surface area contributed by atoms with E-state index in [0.29, 0.717) is 11.8 Å². The van der Waals surface area contributed by atoms with Crippen molar-refractivity contribution >= 4 is 0 Å². The largest absolute Gasteiger partial charge is 2.00 e. The number of hydrogen-bond donors (Lipinski definition) is 0. The molecule has 3 heteroatoms. The van der Waals surface area contributed by atoms with E-state index >= 15 is 0 Å². The van der Waals surface area contributed by atoms with Crippen molar-refractivity contribution in [1.29, 1.82) is 0 Å². The third kappa shape index (κ3) is 4.79. The smallest absolute Gasteiger partial charge is 1.00 e. The SMILES string of the molecule is C=CCCCC(c1ccccc1)(C1C=CC=C1)C1c2ccccc2-c2ccccc21.[Cl-].[Cl-].[Zr+2]. The predicted molar refractivity (Wildman–Crippen MR) is 128 cm³/mol. The number of unbranched alkanes of at least 4 members (excludes halogenated alkanes) is 1. The molecule has 0 radical (unpaired) electrons. The minimum absolute atomic E-state index is 0. The molecule has 166 valence electrons. The van der Waals surface area contributed by atoms with Gasteiger partial charge in [-0.25, -0.2) is 0 Å².